The van der Waals surface area contributed by atoms with Crippen molar-refractivity contribution < 1.29 is 0 Å². The zero-order valence-corrected chi connectivity index (χ0v) is 20.5. The van der Waals surface area contributed by atoms with E-state index in [0.717, 1.165) is 29.2 Å². The van der Waals surface area contributed by atoms with Gasteiger partial charge in [-0.1, -0.05) is 72.8 Å². The highest BCUT2D eigenvalue weighted by atomic mass is 14.6. The Balaban J connectivity index is 1.23. The monoisotopic (exact) mass is 463 g/mol. The fourth-order valence-corrected chi connectivity index (χ4v) is 8.92. The van der Waals surface area contributed by atoms with E-state index in [4.69, 9.17) is 5.26 Å². The predicted molar refractivity (Wildman–Crippen MR) is 145 cm³/mol. The first-order valence-electron chi connectivity index (χ1n) is 13.6. The Morgan fingerprint density at radius 1 is 0.556 bits per heavy atom. The molecule has 0 N–H and O–H groups in total. The second-order valence-electron chi connectivity index (χ2n) is 11.7. The van der Waals surface area contributed by atoms with E-state index in [2.05, 4.69) is 72.8 Å². The van der Waals surface area contributed by atoms with Gasteiger partial charge in [-0.3, -0.25) is 0 Å². The fourth-order valence-electron chi connectivity index (χ4n) is 8.92. The van der Waals surface area contributed by atoms with E-state index in [1.54, 1.807) is 11.1 Å². The molecule has 4 saturated carbocycles. The van der Waals surface area contributed by atoms with Gasteiger partial charge in [0.05, 0.1) is 11.6 Å². The SMILES string of the molecule is N#Cc1ccc(-c2ccc(-c3ccc4c(c3)C3(c5ccccc5-4)C4CC5CC(C4)CC3C5)cc2)cc1. The summed E-state index contributed by atoms with van der Waals surface area (Å²) in [6.45, 7) is 0. The van der Waals surface area contributed by atoms with Gasteiger partial charge in [0.1, 0.15) is 0 Å². The van der Waals surface area contributed by atoms with Crippen LogP contribution in [0.5, 0.6) is 0 Å². The number of hydrogen-bond donors (Lipinski definition) is 0. The Morgan fingerprint density at radius 3 is 1.72 bits per heavy atom. The maximum Gasteiger partial charge on any atom is 0.0991 e. The highest BCUT2D eigenvalue weighted by molar-refractivity contribution is 5.85. The summed E-state index contributed by atoms with van der Waals surface area (Å²) >= 11 is 0. The smallest absolute Gasteiger partial charge is 0.0991 e. The van der Waals surface area contributed by atoms with Crippen molar-refractivity contribution in [3.63, 3.8) is 0 Å². The predicted octanol–water partition coefficient (Wildman–Crippen LogP) is 8.61. The Hall–Kier alpha value is -3.63. The van der Waals surface area contributed by atoms with Crippen molar-refractivity contribution in [3.8, 4) is 39.4 Å². The molecular formula is C35H29N. The highest BCUT2D eigenvalue weighted by Gasteiger charge is 2.61. The van der Waals surface area contributed by atoms with Crippen molar-refractivity contribution in [1.82, 2.24) is 0 Å². The molecule has 0 radical (unpaired) electrons. The van der Waals surface area contributed by atoms with Crippen molar-refractivity contribution in [3.05, 3.63) is 108 Å². The quantitative estimate of drug-likeness (QED) is 0.292. The summed E-state index contributed by atoms with van der Waals surface area (Å²) in [6.07, 6.45) is 7.17. The molecule has 5 aliphatic rings. The standard InChI is InChI=1S/C35H29N/c36-21-22-5-7-25(8-6-22)26-9-11-27(12-10-26)28-13-14-32-31-3-1-2-4-33(31)35(34(32)20-28)29-16-23-15-24(18-29)19-30(35)17-23/h1-14,20,23-24,29-30H,15-19H2. The fraction of sp³-hybridized carbons (Fsp3) is 0.286. The summed E-state index contributed by atoms with van der Waals surface area (Å²) in [5.41, 5.74) is 12.1. The molecule has 1 heteroatoms. The van der Waals surface area contributed by atoms with Crippen molar-refractivity contribution >= 4 is 0 Å². The average molecular weight is 464 g/mol. The van der Waals surface area contributed by atoms with Crippen molar-refractivity contribution in [2.24, 2.45) is 23.7 Å². The van der Waals surface area contributed by atoms with Gasteiger partial charge in [0.15, 0.2) is 0 Å². The molecule has 0 heterocycles. The summed E-state index contributed by atoms with van der Waals surface area (Å²) in [5.74, 6) is 3.52. The highest BCUT2D eigenvalue weighted by Crippen LogP contribution is 2.69. The lowest BCUT2D eigenvalue weighted by Crippen LogP contribution is -2.55. The molecule has 1 nitrogen and oxygen atoms in total. The van der Waals surface area contributed by atoms with E-state index in [0.29, 0.717) is 5.56 Å². The number of benzene rings is 4. The summed E-state index contributed by atoms with van der Waals surface area (Å²) in [6, 6.07) is 35.7. The molecule has 4 aromatic rings. The lowest BCUT2D eigenvalue weighted by Gasteiger charge is -2.61. The van der Waals surface area contributed by atoms with Crippen molar-refractivity contribution in [2.75, 3.05) is 0 Å². The topological polar surface area (TPSA) is 23.8 Å². The van der Waals surface area contributed by atoms with Crippen LogP contribution in [0.4, 0.5) is 0 Å². The lowest BCUT2D eigenvalue weighted by atomic mass is 9.43. The van der Waals surface area contributed by atoms with Crippen LogP contribution in [0.2, 0.25) is 0 Å². The first kappa shape index (κ1) is 20.6. The maximum absolute atomic E-state index is 9.09. The van der Waals surface area contributed by atoms with Crippen LogP contribution in [0, 0.1) is 35.0 Å². The average Bonchev–Trinajstić information content (AvgIpc) is 3.22. The molecule has 36 heavy (non-hydrogen) atoms. The van der Waals surface area contributed by atoms with Crippen LogP contribution in [0.1, 0.15) is 48.8 Å². The largest absolute Gasteiger partial charge is 0.192 e. The van der Waals surface area contributed by atoms with Gasteiger partial charge in [-0.2, -0.15) is 5.26 Å². The van der Waals surface area contributed by atoms with Gasteiger partial charge in [0, 0.05) is 5.41 Å². The Bertz CT molecular complexity index is 1510. The van der Waals surface area contributed by atoms with Crippen molar-refractivity contribution in [2.45, 2.75) is 37.5 Å². The van der Waals surface area contributed by atoms with Crippen molar-refractivity contribution in [1.29, 1.82) is 5.26 Å². The molecular weight excluding hydrogens is 434 g/mol. The minimum atomic E-state index is 0.220. The summed E-state index contributed by atoms with van der Waals surface area (Å²) in [5, 5.41) is 9.09. The van der Waals surface area contributed by atoms with Gasteiger partial charge in [-0.15, -0.1) is 0 Å². The van der Waals surface area contributed by atoms with E-state index in [1.807, 2.05) is 24.3 Å². The lowest BCUT2D eigenvalue weighted by molar-refractivity contribution is -0.0399. The molecule has 4 aromatic carbocycles. The molecule has 4 bridgehead atoms. The molecule has 5 aliphatic carbocycles. The molecule has 0 aromatic heterocycles. The molecule has 4 fully saturated rings. The van der Waals surface area contributed by atoms with Crippen LogP contribution >= 0.6 is 0 Å². The van der Waals surface area contributed by atoms with Gasteiger partial charge in [-0.25, -0.2) is 0 Å². The first-order valence-corrected chi connectivity index (χ1v) is 13.6. The second kappa shape index (κ2) is 7.44. The third-order valence-electron chi connectivity index (χ3n) is 10.1. The zero-order valence-electron chi connectivity index (χ0n) is 20.5. The van der Waals surface area contributed by atoms with E-state index >= 15 is 0 Å². The first-order chi connectivity index (χ1) is 17.7. The molecule has 9 rings (SSSR count). The third-order valence-corrected chi connectivity index (χ3v) is 10.1. The summed E-state index contributed by atoms with van der Waals surface area (Å²) in [7, 11) is 0. The number of rotatable bonds is 2. The number of fused-ring (bicyclic) bond motifs is 3. The van der Waals surface area contributed by atoms with Gasteiger partial charge < -0.3 is 0 Å². The van der Waals surface area contributed by atoms with Gasteiger partial charge in [0.25, 0.3) is 0 Å². The van der Waals surface area contributed by atoms with Gasteiger partial charge >= 0.3 is 0 Å². The van der Waals surface area contributed by atoms with Crippen LogP contribution < -0.4 is 0 Å². The van der Waals surface area contributed by atoms with Gasteiger partial charge in [0.2, 0.25) is 0 Å². The molecule has 0 unspecified atom stereocenters. The zero-order chi connectivity index (χ0) is 23.9. The van der Waals surface area contributed by atoms with E-state index in [-0.39, 0.29) is 5.41 Å². The van der Waals surface area contributed by atoms with Crippen LogP contribution in [-0.4, -0.2) is 0 Å². The van der Waals surface area contributed by atoms with E-state index in [1.165, 1.54) is 59.9 Å². The number of nitriles is 1. The number of hydrogen-bond acceptors (Lipinski definition) is 1. The van der Waals surface area contributed by atoms with E-state index < -0.39 is 0 Å². The molecule has 1 spiro atoms. The Labute approximate surface area is 213 Å². The minimum Gasteiger partial charge on any atom is -0.192 e. The van der Waals surface area contributed by atoms with Crippen LogP contribution in [0.15, 0.2) is 91.0 Å². The second-order valence-corrected chi connectivity index (χ2v) is 11.7. The minimum absolute atomic E-state index is 0.220. The maximum atomic E-state index is 9.09. The Kier molecular flexibility index (Phi) is 4.25. The molecule has 0 saturated heterocycles. The van der Waals surface area contributed by atoms with E-state index in [9.17, 15) is 0 Å². The van der Waals surface area contributed by atoms with Gasteiger partial charge in [-0.05, 0) is 118 Å². The Morgan fingerprint density at radius 2 is 1.08 bits per heavy atom. The number of nitrogens with zero attached hydrogens (tertiary/aromatic N) is 1. The molecule has 0 aliphatic heterocycles. The molecule has 0 atom stereocenters. The van der Waals surface area contributed by atoms with Crippen LogP contribution in [-0.2, 0) is 5.41 Å². The summed E-state index contributed by atoms with van der Waals surface area (Å²) < 4.78 is 0. The third kappa shape index (κ3) is 2.71. The molecule has 174 valence electrons. The van der Waals surface area contributed by atoms with Crippen LogP contribution in [0.3, 0.4) is 0 Å². The summed E-state index contributed by atoms with van der Waals surface area (Å²) in [4.78, 5) is 0. The molecule has 0 amide bonds. The normalized spacial score (nSPS) is 28.6. The van der Waals surface area contributed by atoms with Crippen LogP contribution in [0.25, 0.3) is 33.4 Å².